The van der Waals surface area contributed by atoms with E-state index in [1.807, 2.05) is 64.2 Å². The Morgan fingerprint density at radius 2 is 1.80 bits per heavy atom. The van der Waals surface area contributed by atoms with E-state index < -0.39 is 0 Å². The van der Waals surface area contributed by atoms with Gasteiger partial charge in [-0.15, -0.1) is 10.2 Å². The quantitative estimate of drug-likeness (QED) is 0.672. The highest BCUT2D eigenvalue weighted by atomic mass is 35.5. The zero-order valence-electron chi connectivity index (χ0n) is 16.1. The lowest BCUT2D eigenvalue weighted by molar-refractivity contribution is -0.135. The van der Waals surface area contributed by atoms with Gasteiger partial charge in [-0.05, 0) is 17.7 Å². The summed E-state index contributed by atoms with van der Waals surface area (Å²) < 4.78 is 7.29. The molecule has 3 aromatic rings. The molecule has 1 N–H and O–H groups in total. The minimum atomic E-state index is -0.371. The maximum atomic E-state index is 13.4. The molecule has 7 nitrogen and oxygen atoms in total. The van der Waals surface area contributed by atoms with E-state index >= 15 is 0 Å². The third-order valence-electron chi connectivity index (χ3n) is 5.26. The van der Waals surface area contributed by atoms with E-state index in [0.29, 0.717) is 42.3 Å². The molecule has 1 saturated heterocycles. The minimum absolute atomic E-state index is 0.0752. The van der Waals surface area contributed by atoms with Gasteiger partial charge in [0.05, 0.1) is 19.3 Å². The molecule has 2 aliphatic rings. The number of aromatic nitrogens is 3. The van der Waals surface area contributed by atoms with Gasteiger partial charge in [0, 0.05) is 23.7 Å². The van der Waals surface area contributed by atoms with Crippen LogP contribution >= 0.6 is 23.4 Å². The van der Waals surface area contributed by atoms with Crippen LogP contribution < -0.4 is 5.43 Å². The van der Waals surface area contributed by atoms with Gasteiger partial charge >= 0.3 is 0 Å². The Balaban J connectivity index is 1.53. The van der Waals surface area contributed by atoms with Gasteiger partial charge in [-0.1, -0.05) is 65.8 Å². The van der Waals surface area contributed by atoms with Gasteiger partial charge in [-0.3, -0.25) is 4.79 Å². The summed E-state index contributed by atoms with van der Waals surface area (Å²) in [4.78, 5) is 15.3. The summed E-state index contributed by atoms with van der Waals surface area (Å²) in [5.74, 6) is 0.792. The molecule has 1 amide bonds. The smallest absolute Gasteiger partial charge is 0.238 e. The van der Waals surface area contributed by atoms with Crippen molar-refractivity contribution < 1.29 is 9.53 Å². The van der Waals surface area contributed by atoms with E-state index in [1.54, 1.807) is 0 Å². The number of halogens is 1. The molecule has 1 fully saturated rings. The monoisotopic (exact) mass is 441 g/mol. The van der Waals surface area contributed by atoms with Crippen LogP contribution in [-0.4, -0.2) is 57.2 Å². The largest absolute Gasteiger partial charge is 0.378 e. The third-order valence-corrected chi connectivity index (χ3v) is 6.72. The van der Waals surface area contributed by atoms with Crippen molar-refractivity contribution in [1.82, 2.24) is 19.8 Å². The standard InChI is InChI=1S/C21H20ClN5O2S/c22-16-8-6-14(7-9-16)17-18(20(28)26-10-12-29-13-11-26)30-21-24-23-19(27(21)25-17)15-4-2-1-3-5-15/h1-9,17-18,25H,10-13H2/t17-,18+/m0/s1. The highest BCUT2D eigenvalue weighted by Crippen LogP contribution is 2.39. The van der Waals surface area contributed by atoms with Gasteiger partial charge in [0.1, 0.15) is 5.25 Å². The molecule has 9 heteroatoms. The molecule has 154 valence electrons. The number of hydrogen-bond donors (Lipinski definition) is 1. The van der Waals surface area contributed by atoms with Crippen molar-refractivity contribution in [2.75, 3.05) is 31.7 Å². The number of morpholine rings is 1. The third kappa shape index (κ3) is 3.66. The predicted molar refractivity (Wildman–Crippen MR) is 116 cm³/mol. The van der Waals surface area contributed by atoms with Gasteiger partial charge in [-0.25, -0.2) is 4.68 Å². The molecule has 2 atom stereocenters. The highest BCUT2D eigenvalue weighted by molar-refractivity contribution is 8.00. The number of benzene rings is 2. The molecule has 3 heterocycles. The summed E-state index contributed by atoms with van der Waals surface area (Å²) >= 11 is 7.54. The molecule has 5 rings (SSSR count). The van der Waals surface area contributed by atoms with E-state index in [4.69, 9.17) is 16.3 Å². The number of amides is 1. The SMILES string of the molecule is O=C([C@@H]1Sc2nnc(-c3ccccc3)n2N[C@H]1c1ccc(Cl)cc1)N1CCOCC1. The van der Waals surface area contributed by atoms with Crippen molar-refractivity contribution in [3.05, 3.63) is 65.2 Å². The van der Waals surface area contributed by atoms with Gasteiger partial charge in [-0.2, -0.15) is 0 Å². The Morgan fingerprint density at radius 3 is 2.53 bits per heavy atom. The highest BCUT2D eigenvalue weighted by Gasteiger charge is 2.40. The molecule has 0 spiro atoms. The first-order chi connectivity index (χ1) is 14.7. The molecule has 0 aliphatic carbocycles. The Hall–Kier alpha value is -2.55. The van der Waals surface area contributed by atoms with E-state index in [9.17, 15) is 4.79 Å². The number of thioether (sulfide) groups is 1. The van der Waals surface area contributed by atoms with E-state index in [0.717, 1.165) is 11.1 Å². The van der Waals surface area contributed by atoms with Crippen LogP contribution in [0, 0.1) is 0 Å². The van der Waals surface area contributed by atoms with Crippen LogP contribution in [0.15, 0.2) is 59.8 Å². The molecular weight excluding hydrogens is 422 g/mol. The van der Waals surface area contributed by atoms with Gasteiger partial charge in [0.15, 0.2) is 5.82 Å². The molecule has 0 bridgehead atoms. The number of rotatable bonds is 3. The number of carbonyl (C=O) groups excluding carboxylic acids is 1. The van der Waals surface area contributed by atoms with Crippen molar-refractivity contribution >= 4 is 29.3 Å². The normalized spacial score (nSPS) is 21.0. The number of nitrogens with one attached hydrogen (secondary N) is 1. The fourth-order valence-corrected chi connectivity index (χ4v) is 4.99. The second kappa shape index (κ2) is 8.29. The lowest BCUT2D eigenvalue weighted by Gasteiger charge is -2.37. The topological polar surface area (TPSA) is 72.3 Å². The van der Waals surface area contributed by atoms with Crippen LogP contribution in [0.3, 0.4) is 0 Å². The lowest BCUT2D eigenvalue weighted by Crippen LogP contribution is -2.49. The molecule has 30 heavy (non-hydrogen) atoms. The van der Waals surface area contributed by atoms with Gasteiger partial charge in [0.25, 0.3) is 0 Å². The van der Waals surface area contributed by atoms with Crippen LogP contribution in [0.2, 0.25) is 5.02 Å². The summed E-state index contributed by atoms with van der Waals surface area (Å²) in [5.41, 5.74) is 5.44. The van der Waals surface area contributed by atoms with Crippen LogP contribution in [0.5, 0.6) is 0 Å². The van der Waals surface area contributed by atoms with Crippen molar-refractivity contribution in [3.63, 3.8) is 0 Å². The lowest BCUT2D eigenvalue weighted by atomic mass is 10.0. The summed E-state index contributed by atoms with van der Waals surface area (Å²) in [6, 6.07) is 17.2. The molecule has 1 aromatic heterocycles. The van der Waals surface area contributed by atoms with Gasteiger partial charge < -0.3 is 15.1 Å². The Morgan fingerprint density at radius 1 is 1.07 bits per heavy atom. The van der Waals surface area contributed by atoms with Crippen molar-refractivity contribution in [2.45, 2.75) is 16.4 Å². The Kier molecular flexibility index (Phi) is 5.37. The average Bonchev–Trinajstić information content (AvgIpc) is 3.22. The zero-order chi connectivity index (χ0) is 20.5. The number of carbonyl (C=O) groups is 1. The minimum Gasteiger partial charge on any atom is -0.378 e. The predicted octanol–water partition coefficient (Wildman–Crippen LogP) is 3.22. The van der Waals surface area contributed by atoms with E-state index in [-0.39, 0.29) is 17.2 Å². The fourth-order valence-electron chi connectivity index (χ4n) is 3.70. The van der Waals surface area contributed by atoms with Crippen molar-refractivity contribution in [3.8, 4) is 11.4 Å². The summed E-state index contributed by atoms with van der Waals surface area (Å²) in [5, 5.41) is 9.69. The van der Waals surface area contributed by atoms with Crippen LogP contribution in [0.4, 0.5) is 0 Å². The Labute approximate surface area is 183 Å². The first-order valence-electron chi connectivity index (χ1n) is 9.77. The molecule has 2 aliphatic heterocycles. The van der Waals surface area contributed by atoms with Crippen LogP contribution in [0.1, 0.15) is 11.6 Å². The fraction of sp³-hybridized carbons (Fsp3) is 0.286. The molecule has 0 saturated carbocycles. The molecule has 2 aromatic carbocycles. The first-order valence-corrected chi connectivity index (χ1v) is 11.0. The molecular formula is C21H20ClN5O2S. The second-order valence-corrected chi connectivity index (χ2v) is 8.69. The Bertz CT molecular complexity index is 1040. The maximum absolute atomic E-state index is 13.4. The first kappa shape index (κ1) is 19.4. The zero-order valence-corrected chi connectivity index (χ0v) is 17.6. The summed E-state index contributed by atoms with van der Waals surface area (Å²) in [7, 11) is 0. The van der Waals surface area contributed by atoms with Crippen molar-refractivity contribution in [2.24, 2.45) is 0 Å². The van der Waals surface area contributed by atoms with Crippen molar-refractivity contribution in [1.29, 1.82) is 0 Å². The van der Waals surface area contributed by atoms with Gasteiger partial charge in [0.2, 0.25) is 11.1 Å². The summed E-state index contributed by atoms with van der Waals surface area (Å²) in [6.45, 7) is 2.34. The number of hydrogen-bond acceptors (Lipinski definition) is 6. The summed E-state index contributed by atoms with van der Waals surface area (Å²) in [6.07, 6.45) is 0. The van der Waals surface area contributed by atoms with E-state index in [2.05, 4.69) is 15.6 Å². The number of ether oxygens (including phenoxy) is 1. The molecule has 0 radical (unpaired) electrons. The number of nitrogens with zero attached hydrogens (tertiary/aromatic N) is 4. The second-order valence-electron chi connectivity index (χ2n) is 7.14. The molecule has 0 unspecified atom stereocenters. The van der Waals surface area contributed by atoms with Crippen LogP contribution in [-0.2, 0) is 9.53 Å². The van der Waals surface area contributed by atoms with Crippen LogP contribution in [0.25, 0.3) is 11.4 Å². The number of fused-ring (bicyclic) bond motifs is 1. The maximum Gasteiger partial charge on any atom is 0.238 e. The average molecular weight is 442 g/mol. The van der Waals surface area contributed by atoms with E-state index in [1.165, 1.54) is 11.8 Å².